The third-order valence-corrected chi connectivity index (χ3v) is 4.23. The van der Waals surface area contributed by atoms with Crippen molar-refractivity contribution in [1.29, 1.82) is 0 Å². The molecule has 0 atom stereocenters. The molecule has 0 saturated heterocycles. The second-order valence-corrected chi connectivity index (χ2v) is 5.99. The molecule has 2 rings (SSSR count). The summed E-state index contributed by atoms with van der Waals surface area (Å²) in [5.41, 5.74) is 6.30. The van der Waals surface area contributed by atoms with Crippen molar-refractivity contribution < 1.29 is 17.5 Å². The SMILES string of the molecule is COc1ccc(NS(=O)(=O)c2cccc(CN)c2)cc1F. The molecular weight excluding hydrogens is 295 g/mol. The molecule has 21 heavy (non-hydrogen) atoms. The summed E-state index contributed by atoms with van der Waals surface area (Å²) in [5, 5.41) is 0. The van der Waals surface area contributed by atoms with Gasteiger partial charge >= 0.3 is 0 Å². The van der Waals surface area contributed by atoms with Crippen LogP contribution in [0.4, 0.5) is 10.1 Å². The number of nitrogens with two attached hydrogens (primary N) is 1. The predicted molar refractivity (Wildman–Crippen MR) is 78.1 cm³/mol. The van der Waals surface area contributed by atoms with E-state index in [-0.39, 0.29) is 22.9 Å². The Morgan fingerprint density at radius 3 is 2.62 bits per heavy atom. The number of sulfonamides is 1. The number of anilines is 1. The summed E-state index contributed by atoms with van der Waals surface area (Å²) in [5.74, 6) is -0.600. The van der Waals surface area contributed by atoms with Gasteiger partial charge < -0.3 is 10.5 Å². The van der Waals surface area contributed by atoms with Crippen LogP contribution < -0.4 is 15.2 Å². The Hall–Kier alpha value is -2.12. The van der Waals surface area contributed by atoms with Gasteiger partial charge in [-0.3, -0.25) is 4.72 Å². The summed E-state index contributed by atoms with van der Waals surface area (Å²) in [4.78, 5) is 0.0710. The van der Waals surface area contributed by atoms with Gasteiger partial charge in [-0.25, -0.2) is 12.8 Å². The molecule has 0 saturated carbocycles. The van der Waals surface area contributed by atoms with Crippen LogP contribution in [-0.2, 0) is 16.6 Å². The molecule has 3 N–H and O–H groups in total. The number of hydrogen-bond acceptors (Lipinski definition) is 4. The standard InChI is InChI=1S/C14H15FN2O3S/c1-20-14-6-5-11(8-13(14)15)17-21(18,19)12-4-2-3-10(7-12)9-16/h2-8,17H,9,16H2,1H3. The van der Waals surface area contributed by atoms with Crippen LogP contribution in [-0.4, -0.2) is 15.5 Å². The van der Waals surface area contributed by atoms with E-state index in [1.54, 1.807) is 12.1 Å². The minimum absolute atomic E-state index is 0.0445. The average Bonchev–Trinajstić information content (AvgIpc) is 2.47. The Balaban J connectivity index is 2.30. The molecule has 0 heterocycles. The molecule has 0 radical (unpaired) electrons. The number of halogens is 1. The minimum Gasteiger partial charge on any atom is -0.494 e. The lowest BCUT2D eigenvalue weighted by atomic mass is 10.2. The lowest BCUT2D eigenvalue weighted by Crippen LogP contribution is -2.13. The van der Waals surface area contributed by atoms with E-state index in [4.69, 9.17) is 10.5 Å². The Kier molecular flexibility index (Phi) is 4.44. The van der Waals surface area contributed by atoms with Crippen LogP contribution in [0.3, 0.4) is 0 Å². The number of hydrogen-bond donors (Lipinski definition) is 2. The van der Waals surface area contributed by atoms with E-state index in [1.807, 2.05) is 0 Å². The van der Waals surface area contributed by atoms with Gasteiger partial charge in [0.1, 0.15) is 0 Å². The van der Waals surface area contributed by atoms with E-state index in [1.165, 1.54) is 31.4 Å². The summed E-state index contributed by atoms with van der Waals surface area (Å²) >= 11 is 0. The van der Waals surface area contributed by atoms with Crippen molar-refractivity contribution >= 4 is 15.7 Å². The molecule has 0 aromatic heterocycles. The van der Waals surface area contributed by atoms with E-state index >= 15 is 0 Å². The number of rotatable bonds is 5. The topological polar surface area (TPSA) is 81.4 Å². The van der Waals surface area contributed by atoms with E-state index in [0.29, 0.717) is 5.56 Å². The lowest BCUT2D eigenvalue weighted by Gasteiger charge is -2.10. The Labute approximate surface area is 122 Å². The Morgan fingerprint density at radius 1 is 1.24 bits per heavy atom. The molecule has 7 heteroatoms. The second-order valence-electron chi connectivity index (χ2n) is 4.31. The molecule has 2 aromatic carbocycles. The van der Waals surface area contributed by atoms with Crippen molar-refractivity contribution in [3.05, 3.63) is 53.8 Å². The van der Waals surface area contributed by atoms with Gasteiger partial charge in [0.25, 0.3) is 10.0 Å². The first kappa shape index (κ1) is 15.3. The summed E-state index contributed by atoms with van der Waals surface area (Å²) in [6.07, 6.45) is 0. The second kappa shape index (κ2) is 6.11. The summed E-state index contributed by atoms with van der Waals surface area (Å²) in [6, 6.07) is 10.1. The molecule has 0 fully saturated rings. The van der Waals surface area contributed by atoms with Crippen LogP contribution in [0.5, 0.6) is 5.75 Å². The molecule has 0 unspecified atom stereocenters. The largest absolute Gasteiger partial charge is 0.494 e. The zero-order valence-electron chi connectivity index (χ0n) is 11.3. The maximum absolute atomic E-state index is 13.6. The number of nitrogens with one attached hydrogen (secondary N) is 1. The van der Waals surface area contributed by atoms with Gasteiger partial charge in [0, 0.05) is 12.6 Å². The van der Waals surface area contributed by atoms with Gasteiger partial charge in [-0.15, -0.1) is 0 Å². The molecule has 0 amide bonds. The van der Waals surface area contributed by atoms with Gasteiger partial charge in [0.15, 0.2) is 11.6 Å². The van der Waals surface area contributed by atoms with Crippen molar-refractivity contribution in [3.8, 4) is 5.75 Å². The van der Waals surface area contributed by atoms with Crippen LogP contribution in [0.25, 0.3) is 0 Å². The van der Waals surface area contributed by atoms with Gasteiger partial charge in [0.05, 0.1) is 17.7 Å². The quantitative estimate of drug-likeness (QED) is 0.886. The van der Waals surface area contributed by atoms with Crippen LogP contribution in [0.2, 0.25) is 0 Å². The fourth-order valence-electron chi connectivity index (χ4n) is 1.78. The molecular formula is C14H15FN2O3S. The molecule has 0 aliphatic carbocycles. The van der Waals surface area contributed by atoms with Crippen molar-refractivity contribution in [2.24, 2.45) is 5.73 Å². The number of benzene rings is 2. The van der Waals surface area contributed by atoms with E-state index in [0.717, 1.165) is 6.07 Å². The van der Waals surface area contributed by atoms with E-state index in [2.05, 4.69) is 4.72 Å². The van der Waals surface area contributed by atoms with Crippen LogP contribution in [0.1, 0.15) is 5.56 Å². The predicted octanol–water partition coefficient (Wildman–Crippen LogP) is 2.09. The lowest BCUT2D eigenvalue weighted by molar-refractivity contribution is 0.386. The fraction of sp³-hybridized carbons (Fsp3) is 0.143. The number of ether oxygens (including phenoxy) is 1. The van der Waals surface area contributed by atoms with Crippen LogP contribution in [0.15, 0.2) is 47.4 Å². The van der Waals surface area contributed by atoms with Crippen LogP contribution >= 0.6 is 0 Å². The van der Waals surface area contributed by atoms with Gasteiger partial charge in [-0.05, 0) is 29.8 Å². The van der Waals surface area contributed by atoms with Crippen molar-refractivity contribution in [1.82, 2.24) is 0 Å². The highest BCUT2D eigenvalue weighted by Gasteiger charge is 2.15. The van der Waals surface area contributed by atoms with Crippen molar-refractivity contribution in [3.63, 3.8) is 0 Å². The van der Waals surface area contributed by atoms with Crippen molar-refractivity contribution in [2.45, 2.75) is 11.4 Å². The maximum atomic E-state index is 13.6. The normalized spacial score (nSPS) is 11.2. The summed E-state index contributed by atoms with van der Waals surface area (Å²) in [6.45, 7) is 0.237. The van der Waals surface area contributed by atoms with Gasteiger partial charge in [-0.2, -0.15) is 0 Å². The Morgan fingerprint density at radius 2 is 2.00 bits per heavy atom. The molecule has 0 spiro atoms. The molecule has 0 bridgehead atoms. The highest BCUT2D eigenvalue weighted by molar-refractivity contribution is 7.92. The zero-order valence-corrected chi connectivity index (χ0v) is 12.2. The van der Waals surface area contributed by atoms with Gasteiger partial charge in [0.2, 0.25) is 0 Å². The summed E-state index contributed by atoms with van der Waals surface area (Å²) in [7, 11) is -2.46. The third-order valence-electron chi connectivity index (χ3n) is 2.85. The molecule has 5 nitrogen and oxygen atoms in total. The van der Waals surface area contributed by atoms with E-state index < -0.39 is 15.8 Å². The van der Waals surface area contributed by atoms with E-state index in [9.17, 15) is 12.8 Å². The molecule has 0 aliphatic rings. The first-order chi connectivity index (χ1) is 9.96. The average molecular weight is 310 g/mol. The fourth-order valence-corrected chi connectivity index (χ4v) is 2.90. The third kappa shape index (κ3) is 3.50. The maximum Gasteiger partial charge on any atom is 0.261 e. The zero-order chi connectivity index (χ0) is 15.5. The van der Waals surface area contributed by atoms with Crippen molar-refractivity contribution in [2.75, 3.05) is 11.8 Å². The molecule has 2 aromatic rings. The highest BCUT2D eigenvalue weighted by Crippen LogP contribution is 2.23. The minimum atomic E-state index is -3.80. The first-order valence-corrected chi connectivity index (χ1v) is 7.60. The molecule has 112 valence electrons. The Bertz CT molecular complexity index is 748. The molecule has 0 aliphatic heterocycles. The number of methoxy groups -OCH3 is 1. The van der Waals surface area contributed by atoms with Gasteiger partial charge in [-0.1, -0.05) is 12.1 Å². The van der Waals surface area contributed by atoms with Crippen LogP contribution in [0, 0.1) is 5.82 Å². The summed E-state index contributed by atoms with van der Waals surface area (Å²) < 4.78 is 45.1. The first-order valence-electron chi connectivity index (χ1n) is 6.11. The highest BCUT2D eigenvalue weighted by atomic mass is 32.2. The monoisotopic (exact) mass is 310 g/mol. The smallest absolute Gasteiger partial charge is 0.261 e.